The van der Waals surface area contributed by atoms with Crippen LogP contribution in [-0.4, -0.2) is 0 Å². The van der Waals surface area contributed by atoms with Crippen LogP contribution in [-0.2, 0) is 5.41 Å². The molecule has 1 atom stereocenters. The van der Waals surface area contributed by atoms with Crippen molar-refractivity contribution in [2.45, 2.75) is 44.4 Å². The molecule has 0 bridgehead atoms. The van der Waals surface area contributed by atoms with E-state index in [9.17, 15) is 0 Å². The monoisotopic (exact) mass is 300 g/mol. The van der Waals surface area contributed by atoms with Crippen molar-refractivity contribution in [3.63, 3.8) is 0 Å². The zero-order valence-corrected chi connectivity index (χ0v) is 13.9. The molecule has 2 aromatic carbocycles. The van der Waals surface area contributed by atoms with Crippen molar-refractivity contribution in [3.8, 4) is 0 Å². The van der Waals surface area contributed by atoms with Gasteiger partial charge in [0.2, 0.25) is 0 Å². The van der Waals surface area contributed by atoms with Crippen LogP contribution in [0.5, 0.6) is 0 Å². The first-order chi connectivity index (χ1) is 11.3. The van der Waals surface area contributed by atoms with Crippen LogP contribution in [0.25, 0.3) is 11.6 Å². The topological polar surface area (TPSA) is 0 Å². The maximum absolute atomic E-state index is 2.46. The predicted octanol–water partition coefficient (Wildman–Crippen LogP) is 6.39. The van der Waals surface area contributed by atoms with Crippen molar-refractivity contribution in [1.82, 2.24) is 0 Å². The fourth-order valence-electron chi connectivity index (χ4n) is 4.44. The largest absolute Gasteiger partial charge is 0.0763 e. The lowest BCUT2D eigenvalue weighted by Gasteiger charge is -2.38. The van der Waals surface area contributed by atoms with Crippen molar-refractivity contribution in [3.05, 3.63) is 82.9 Å². The number of fused-ring (bicyclic) bond motifs is 3. The molecule has 0 aromatic heterocycles. The molecule has 0 saturated heterocycles. The highest BCUT2D eigenvalue weighted by Gasteiger charge is 2.43. The van der Waals surface area contributed by atoms with Crippen molar-refractivity contribution < 1.29 is 0 Å². The summed E-state index contributed by atoms with van der Waals surface area (Å²) in [4.78, 5) is 0. The summed E-state index contributed by atoms with van der Waals surface area (Å²) in [6.07, 6.45) is 11.2. The maximum atomic E-state index is 2.46. The summed E-state index contributed by atoms with van der Waals surface area (Å²) in [5, 5.41) is 0. The maximum Gasteiger partial charge on any atom is 0.0218 e. The average Bonchev–Trinajstić information content (AvgIpc) is 2.95. The molecule has 0 nitrogen and oxygen atoms in total. The summed E-state index contributed by atoms with van der Waals surface area (Å²) < 4.78 is 0. The summed E-state index contributed by atoms with van der Waals surface area (Å²) in [5.74, 6) is 0. The van der Waals surface area contributed by atoms with Crippen LogP contribution in [0.4, 0.5) is 0 Å². The first-order valence-corrected chi connectivity index (χ1v) is 8.93. The second kappa shape index (κ2) is 5.85. The third-order valence-electron chi connectivity index (χ3n) is 5.54. The van der Waals surface area contributed by atoms with E-state index in [2.05, 4.69) is 73.7 Å². The number of benzene rings is 2. The molecule has 2 aliphatic rings. The Morgan fingerprint density at radius 3 is 2.57 bits per heavy atom. The summed E-state index contributed by atoms with van der Waals surface area (Å²) >= 11 is 0. The molecule has 2 aliphatic carbocycles. The van der Waals surface area contributed by atoms with Crippen molar-refractivity contribution in [2.75, 3.05) is 0 Å². The Morgan fingerprint density at radius 2 is 1.74 bits per heavy atom. The van der Waals surface area contributed by atoms with Crippen molar-refractivity contribution >= 4 is 11.6 Å². The molecule has 0 saturated carbocycles. The Hall–Kier alpha value is -2.08. The van der Waals surface area contributed by atoms with Gasteiger partial charge in [-0.2, -0.15) is 0 Å². The minimum atomic E-state index is 0.243. The molecule has 23 heavy (non-hydrogen) atoms. The van der Waals surface area contributed by atoms with Gasteiger partial charge in [0.05, 0.1) is 0 Å². The summed E-state index contributed by atoms with van der Waals surface area (Å²) in [5.41, 5.74) is 7.63. The minimum absolute atomic E-state index is 0.243. The molecule has 0 spiro atoms. The Labute approximate surface area is 139 Å². The summed E-state index contributed by atoms with van der Waals surface area (Å²) in [6, 6.07) is 20.0. The van der Waals surface area contributed by atoms with Crippen molar-refractivity contribution in [2.24, 2.45) is 0 Å². The van der Waals surface area contributed by atoms with Gasteiger partial charge in [-0.05, 0) is 53.2 Å². The van der Waals surface area contributed by atoms with Gasteiger partial charge in [-0.15, -0.1) is 0 Å². The molecular weight excluding hydrogens is 276 g/mol. The van der Waals surface area contributed by atoms with Crippen LogP contribution in [0.3, 0.4) is 0 Å². The SMILES string of the molecule is CCCCC12CCC=C(c3ccccc3)C1=Cc1ccccc12. The molecule has 0 radical (unpaired) electrons. The molecule has 116 valence electrons. The fraction of sp³-hybridized carbons (Fsp3) is 0.304. The van der Waals surface area contributed by atoms with Crippen LogP contribution in [0.15, 0.2) is 66.2 Å². The van der Waals surface area contributed by atoms with Gasteiger partial charge in [0.15, 0.2) is 0 Å². The first-order valence-electron chi connectivity index (χ1n) is 8.93. The van der Waals surface area contributed by atoms with E-state index in [0.717, 1.165) is 0 Å². The third-order valence-corrected chi connectivity index (χ3v) is 5.54. The normalized spacial score (nSPS) is 22.1. The van der Waals surface area contributed by atoms with E-state index in [-0.39, 0.29) is 5.41 Å². The number of hydrogen-bond acceptors (Lipinski definition) is 0. The molecule has 0 heterocycles. The number of unbranched alkanes of at least 4 members (excludes halogenated alkanes) is 1. The lowest BCUT2D eigenvalue weighted by atomic mass is 9.65. The van der Waals surface area contributed by atoms with Gasteiger partial charge in [-0.3, -0.25) is 0 Å². The summed E-state index contributed by atoms with van der Waals surface area (Å²) in [7, 11) is 0. The number of allylic oxidation sites excluding steroid dienone is 3. The fourth-order valence-corrected chi connectivity index (χ4v) is 4.44. The quantitative estimate of drug-likeness (QED) is 0.613. The lowest BCUT2D eigenvalue weighted by molar-refractivity contribution is 0.425. The second-order valence-corrected chi connectivity index (χ2v) is 6.85. The van der Waals surface area contributed by atoms with Crippen molar-refractivity contribution in [1.29, 1.82) is 0 Å². The molecule has 1 unspecified atom stereocenters. The third kappa shape index (κ3) is 2.28. The van der Waals surface area contributed by atoms with Gasteiger partial charge in [-0.1, -0.05) is 80.4 Å². The van der Waals surface area contributed by atoms with Crippen LogP contribution < -0.4 is 0 Å². The second-order valence-electron chi connectivity index (χ2n) is 6.85. The minimum Gasteiger partial charge on any atom is -0.0763 e. The smallest absolute Gasteiger partial charge is 0.0218 e. The Kier molecular flexibility index (Phi) is 3.69. The van der Waals surface area contributed by atoms with Gasteiger partial charge >= 0.3 is 0 Å². The Balaban J connectivity index is 1.85. The standard InChI is InChI=1S/C23H24/c1-2-3-15-23-16-9-13-20(18-10-5-4-6-11-18)22(23)17-19-12-7-8-14-21(19)23/h4-8,10-14,17H,2-3,9,15-16H2,1H3. The average molecular weight is 300 g/mol. The van der Waals surface area contributed by atoms with Gasteiger partial charge in [0, 0.05) is 5.41 Å². The van der Waals surface area contributed by atoms with Crippen LogP contribution in [0.2, 0.25) is 0 Å². The molecule has 0 amide bonds. The molecule has 0 N–H and O–H groups in total. The highest BCUT2D eigenvalue weighted by Crippen LogP contribution is 2.55. The van der Waals surface area contributed by atoms with E-state index < -0.39 is 0 Å². The van der Waals surface area contributed by atoms with E-state index in [1.54, 1.807) is 11.1 Å². The van der Waals surface area contributed by atoms with E-state index in [1.807, 2.05) is 0 Å². The Bertz CT molecular complexity index is 764. The molecule has 4 rings (SSSR count). The number of rotatable bonds is 4. The van der Waals surface area contributed by atoms with Gasteiger partial charge in [-0.25, -0.2) is 0 Å². The summed E-state index contributed by atoms with van der Waals surface area (Å²) in [6.45, 7) is 2.30. The zero-order chi connectivity index (χ0) is 15.7. The molecule has 0 fully saturated rings. The van der Waals surface area contributed by atoms with E-state index >= 15 is 0 Å². The van der Waals surface area contributed by atoms with E-state index in [1.165, 1.54) is 48.8 Å². The van der Waals surface area contributed by atoms with Crippen LogP contribution in [0, 0.1) is 0 Å². The van der Waals surface area contributed by atoms with Gasteiger partial charge in [0.25, 0.3) is 0 Å². The van der Waals surface area contributed by atoms with Gasteiger partial charge < -0.3 is 0 Å². The lowest BCUT2D eigenvalue weighted by Crippen LogP contribution is -2.29. The van der Waals surface area contributed by atoms with E-state index in [4.69, 9.17) is 0 Å². The molecule has 0 heteroatoms. The van der Waals surface area contributed by atoms with Gasteiger partial charge in [0.1, 0.15) is 0 Å². The van der Waals surface area contributed by atoms with E-state index in [0.29, 0.717) is 0 Å². The zero-order valence-electron chi connectivity index (χ0n) is 13.9. The number of hydrogen-bond donors (Lipinski definition) is 0. The molecule has 0 aliphatic heterocycles. The molecular formula is C23H24. The highest BCUT2D eigenvalue weighted by molar-refractivity contribution is 5.92. The predicted molar refractivity (Wildman–Crippen MR) is 99.3 cm³/mol. The van der Waals surface area contributed by atoms with Crippen LogP contribution >= 0.6 is 0 Å². The van der Waals surface area contributed by atoms with Crippen LogP contribution in [0.1, 0.15) is 55.7 Å². The highest BCUT2D eigenvalue weighted by atomic mass is 14.5. The first kappa shape index (κ1) is 14.5. The molecule has 2 aromatic rings. The Morgan fingerprint density at radius 1 is 0.957 bits per heavy atom.